The van der Waals surface area contributed by atoms with Crippen molar-refractivity contribution in [1.82, 2.24) is 9.66 Å². The van der Waals surface area contributed by atoms with Crippen molar-refractivity contribution in [3.8, 4) is 0 Å². The predicted molar refractivity (Wildman–Crippen MR) is 115 cm³/mol. The maximum absolute atomic E-state index is 13.2. The van der Waals surface area contributed by atoms with Gasteiger partial charge in [0.25, 0.3) is 5.56 Å². The van der Waals surface area contributed by atoms with Crippen LogP contribution in [-0.2, 0) is 4.74 Å². The zero-order valence-electron chi connectivity index (χ0n) is 16.6. The van der Waals surface area contributed by atoms with Gasteiger partial charge in [-0.3, -0.25) is 10.2 Å². The summed E-state index contributed by atoms with van der Waals surface area (Å²) in [5, 5.41) is 0.559. The van der Waals surface area contributed by atoms with Gasteiger partial charge < -0.3 is 4.74 Å². The minimum absolute atomic E-state index is 0.180. The monoisotopic (exact) mass is 412 g/mol. The molecule has 0 radical (unpaired) electrons. The lowest BCUT2D eigenvalue weighted by molar-refractivity contribution is 0.0604. The third-order valence-corrected chi connectivity index (χ3v) is 4.15. The van der Waals surface area contributed by atoms with Crippen LogP contribution in [-0.4, -0.2) is 27.1 Å². The van der Waals surface area contributed by atoms with Crippen LogP contribution >= 0.6 is 11.6 Å². The van der Waals surface area contributed by atoms with E-state index >= 15 is 0 Å². The second kappa shape index (κ2) is 8.05. The molecule has 0 aliphatic carbocycles. The third-order valence-electron chi connectivity index (χ3n) is 3.84. The number of amides is 1. The van der Waals surface area contributed by atoms with Crippen molar-refractivity contribution in [2.45, 2.75) is 33.3 Å². The van der Waals surface area contributed by atoms with Crippen LogP contribution in [0.1, 0.15) is 33.5 Å². The molecule has 0 bridgehead atoms. The van der Waals surface area contributed by atoms with Gasteiger partial charge in [-0.15, -0.1) is 0 Å². The number of benzene rings is 2. The topological polar surface area (TPSA) is 85.6 Å². The van der Waals surface area contributed by atoms with Crippen LogP contribution in [0.4, 0.5) is 10.5 Å². The molecule has 0 spiro atoms. The van der Waals surface area contributed by atoms with Crippen LogP contribution in [0, 0.1) is 0 Å². The maximum Gasteiger partial charge on any atom is 0.434 e. The highest BCUT2D eigenvalue weighted by Crippen LogP contribution is 2.19. The first-order valence-electron chi connectivity index (χ1n) is 8.98. The first-order valence-corrected chi connectivity index (χ1v) is 9.35. The zero-order chi connectivity index (χ0) is 21.2. The first-order chi connectivity index (χ1) is 13.7. The summed E-state index contributed by atoms with van der Waals surface area (Å²) in [7, 11) is 0. The maximum atomic E-state index is 13.2. The van der Waals surface area contributed by atoms with E-state index in [0.717, 1.165) is 0 Å². The summed E-state index contributed by atoms with van der Waals surface area (Å²) in [6, 6.07) is 14.1. The molecule has 0 saturated carbocycles. The van der Waals surface area contributed by atoms with Crippen LogP contribution < -0.4 is 11.0 Å². The minimum Gasteiger partial charge on any atom is -0.442 e. The van der Waals surface area contributed by atoms with E-state index in [9.17, 15) is 9.59 Å². The summed E-state index contributed by atoms with van der Waals surface area (Å²) in [6.07, 6.45) is -0.762. The SMILES string of the molecule is C/C(=N/C(=O)OC(C)(C)C)c1nc2cccc(Cl)c2c(=O)n1Nc1ccccc1. The Morgan fingerprint density at radius 3 is 2.48 bits per heavy atom. The van der Waals surface area contributed by atoms with Crippen molar-refractivity contribution in [3.05, 3.63) is 69.7 Å². The van der Waals surface area contributed by atoms with E-state index < -0.39 is 17.3 Å². The number of carbonyl (C=O) groups is 1. The number of carbonyl (C=O) groups excluding carboxylic acids is 1. The van der Waals surface area contributed by atoms with Crippen LogP contribution in [0.2, 0.25) is 5.02 Å². The van der Waals surface area contributed by atoms with E-state index in [4.69, 9.17) is 16.3 Å². The normalized spacial score (nSPS) is 12.1. The molecule has 3 rings (SSSR count). The molecule has 0 atom stereocenters. The molecule has 0 saturated heterocycles. The number of rotatable bonds is 3. The van der Waals surface area contributed by atoms with Gasteiger partial charge in [0.05, 0.1) is 27.3 Å². The average Bonchev–Trinajstić information content (AvgIpc) is 2.63. The number of fused-ring (bicyclic) bond motifs is 1. The van der Waals surface area contributed by atoms with Crippen molar-refractivity contribution < 1.29 is 9.53 Å². The number of para-hydroxylation sites is 1. The highest BCUT2D eigenvalue weighted by atomic mass is 35.5. The molecule has 2 aromatic carbocycles. The summed E-state index contributed by atoms with van der Waals surface area (Å²) in [5.74, 6) is 0.180. The molecule has 29 heavy (non-hydrogen) atoms. The Bertz CT molecular complexity index is 1150. The van der Waals surface area contributed by atoms with Gasteiger partial charge in [-0.2, -0.15) is 9.67 Å². The Morgan fingerprint density at radius 1 is 1.14 bits per heavy atom. The fourth-order valence-corrected chi connectivity index (χ4v) is 2.90. The van der Waals surface area contributed by atoms with Crippen molar-refractivity contribution in [2.24, 2.45) is 4.99 Å². The van der Waals surface area contributed by atoms with Crippen LogP contribution in [0.3, 0.4) is 0 Å². The molecular formula is C21H21ClN4O3. The molecule has 1 N–H and O–H groups in total. The number of halogens is 1. The molecule has 0 fully saturated rings. The molecule has 0 unspecified atom stereocenters. The molecule has 150 valence electrons. The molecule has 0 aliphatic heterocycles. The fraction of sp³-hybridized carbons (Fsp3) is 0.238. The summed E-state index contributed by atoms with van der Waals surface area (Å²) >= 11 is 6.24. The van der Waals surface area contributed by atoms with Crippen molar-refractivity contribution >= 4 is 40.0 Å². The van der Waals surface area contributed by atoms with Gasteiger partial charge in [0.15, 0.2) is 5.82 Å². The summed E-state index contributed by atoms with van der Waals surface area (Å²) < 4.78 is 6.47. The lowest BCUT2D eigenvalue weighted by atomic mass is 10.2. The van der Waals surface area contributed by atoms with Gasteiger partial charge in [0.2, 0.25) is 0 Å². The van der Waals surface area contributed by atoms with Gasteiger partial charge in [-0.05, 0) is 52.0 Å². The van der Waals surface area contributed by atoms with Gasteiger partial charge in [0, 0.05) is 0 Å². The second-order valence-corrected chi connectivity index (χ2v) is 7.77. The Labute approximate surface area is 173 Å². The lowest BCUT2D eigenvalue weighted by Crippen LogP contribution is -2.33. The molecule has 1 amide bonds. The van der Waals surface area contributed by atoms with Crippen molar-refractivity contribution in [1.29, 1.82) is 0 Å². The summed E-state index contributed by atoms with van der Waals surface area (Å²) in [6.45, 7) is 6.84. The lowest BCUT2D eigenvalue weighted by Gasteiger charge is -2.18. The van der Waals surface area contributed by atoms with Crippen LogP contribution in [0.15, 0.2) is 58.3 Å². The van der Waals surface area contributed by atoms with Crippen molar-refractivity contribution in [3.63, 3.8) is 0 Å². The summed E-state index contributed by atoms with van der Waals surface area (Å²) in [5.41, 5.74) is 3.21. The predicted octanol–water partition coefficient (Wildman–Crippen LogP) is 4.67. The minimum atomic E-state index is -0.762. The smallest absolute Gasteiger partial charge is 0.434 e. The van der Waals surface area contributed by atoms with Crippen LogP contribution in [0.25, 0.3) is 10.9 Å². The van der Waals surface area contributed by atoms with E-state index in [1.54, 1.807) is 58.0 Å². The second-order valence-electron chi connectivity index (χ2n) is 7.37. The number of nitrogens with one attached hydrogen (secondary N) is 1. The standard InChI is InChI=1S/C21H21ClN4O3/c1-13(23-20(28)29-21(2,3)4)18-24-16-12-8-11-15(22)17(16)19(27)26(18)25-14-9-6-5-7-10-14/h5-12,25H,1-4H3/b23-13-. The Morgan fingerprint density at radius 2 is 1.83 bits per heavy atom. The molecule has 1 heterocycles. The van der Waals surface area contributed by atoms with Gasteiger partial charge >= 0.3 is 6.09 Å². The number of hydrogen-bond acceptors (Lipinski definition) is 5. The van der Waals surface area contributed by atoms with Gasteiger partial charge in [-0.25, -0.2) is 9.78 Å². The number of nitrogens with zero attached hydrogens (tertiary/aromatic N) is 3. The highest BCUT2D eigenvalue weighted by Gasteiger charge is 2.19. The van der Waals surface area contributed by atoms with Crippen LogP contribution in [0.5, 0.6) is 0 Å². The Hall–Kier alpha value is -3.19. The number of anilines is 1. The van der Waals surface area contributed by atoms with E-state index in [1.165, 1.54) is 4.68 Å². The highest BCUT2D eigenvalue weighted by molar-refractivity contribution is 6.35. The molecule has 0 aliphatic rings. The van der Waals surface area contributed by atoms with E-state index in [-0.39, 0.29) is 21.9 Å². The van der Waals surface area contributed by atoms with E-state index in [1.807, 2.05) is 18.2 Å². The molecule has 8 heteroatoms. The van der Waals surface area contributed by atoms with Gasteiger partial charge in [-0.1, -0.05) is 35.9 Å². The Balaban J connectivity index is 2.18. The molecule has 3 aromatic rings. The number of aromatic nitrogens is 2. The quantitative estimate of drug-likeness (QED) is 0.632. The number of aliphatic imine (C=N–C) groups is 1. The molecule has 7 nitrogen and oxygen atoms in total. The van der Waals surface area contributed by atoms with E-state index in [2.05, 4.69) is 15.4 Å². The molecule has 1 aromatic heterocycles. The largest absolute Gasteiger partial charge is 0.442 e. The third kappa shape index (κ3) is 4.81. The van der Waals surface area contributed by atoms with Gasteiger partial charge in [0.1, 0.15) is 5.60 Å². The molecular weight excluding hydrogens is 392 g/mol. The van der Waals surface area contributed by atoms with Crippen molar-refractivity contribution in [2.75, 3.05) is 5.43 Å². The average molecular weight is 413 g/mol. The number of ether oxygens (including phenoxy) is 1. The number of hydrogen-bond donors (Lipinski definition) is 1. The zero-order valence-corrected chi connectivity index (χ0v) is 17.3. The van der Waals surface area contributed by atoms with E-state index in [0.29, 0.717) is 11.2 Å². The summed E-state index contributed by atoms with van der Waals surface area (Å²) in [4.78, 5) is 33.8. The first kappa shape index (κ1) is 20.5. The fourth-order valence-electron chi connectivity index (χ4n) is 2.65. The Kier molecular flexibility index (Phi) is 5.70.